The third-order valence-corrected chi connectivity index (χ3v) is 3.56. The second-order valence-corrected chi connectivity index (χ2v) is 5.56. The van der Waals surface area contributed by atoms with Crippen molar-refractivity contribution in [2.24, 2.45) is 0 Å². The highest BCUT2D eigenvalue weighted by Gasteiger charge is 2.14. The van der Waals surface area contributed by atoms with Crippen LogP contribution in [0.4, 0.5) is 5.69 Å². The molecule has 0 saturated carbocycles. The van der Waals surface area contributed by atoms with Crippen molar-refractivity contribution in [3.63, 3.8) is 0 Å². The zero-order valence-electron chi connectivity index (χ0n) is 13.2. The summed E-state index contributed by atoms with van der Waals surface area (Å²) >= 11 is 5.87. The number of carbonyl (C=O) groups excluding carboxylic acids is 1. The number of benzene rings is 2. The number of hydrogen-bond acceptors (Lipinski definition) is 5. The zero-order chi connectivity index (χ0) is 18.5. The fourth-order valence-corrected chi connectivity index (χ4v) is 2.27. The third kappa shape index (κ3) is 4.14. The highest BCUT2D eigenvalue weighted by molar-refractivity contribution is 6.30. The van der Waals surface area contributed by atoms with E-state index in [4.69, 9.17) is 21.1 Å². The van der Waals surface area contributed by atoms with Crippen LogP contribution in [0.3, 0.4) is 0 Å². The van der Waals surface area contributed by atoms with Gasteiger partial charge in [-0.25, -0.2) is 4.79 Å². The van der Waals surface area contributed by atoms with Crippen LogP contribution in [-0.4, -0.2) is 27.2 Å². The van der Waals surface area contributed by atoms with E-state index in [1.165, 1.54) is 0 Å². The monoisotopic (exact) mass is 369 g/mol. The van der Waals surface area contributed by atoms with E-state index in [0.717, 1.165) is 12.2 Å². The Labute approximate surface area is 152 Å². The van der Waals surface area contributed by atoms with E-state index >= 15 is 0 Å². The molecule has 0 aliphatic heterocycles. The Bertz CT molecular complexity index is 980. The maximum absolute atomic E-state index is 11.8. The van der Waals surface area contributed by atoms with Gasteiger partial charge in [-0.2, -0.15) is 0 Å². The Morgan fingerprint density at radius 1 is 1.00 bits per heavy atom. The largest absolute Gasteiger partial charge is 0.478 e. The second-order valence-electron chi connectivity index (χ2n) is 5.13. The quantitative estimate of drug-likeness (QED) is 0.665. The Balaban J connectivity index is 1.87. The maximum Gasteiger partial charge on any atom is 0.328 e. The number of nitrogens with zero attached hydrogens (tertiary/aromatic N) is 2. The molecule has 3 aromatic rings. The van der Waals surface area contributed by atoms with Crippen molar-refractivity contribution in [1.29, 1.82) is 0 Å². The first-order chi connectivity index (χ1) is 12.5. The van der Waals surface area contributed by atoms with Gasteiger partial charge in [-0.3, -0.25) is 4.79 Å². The molecule has 1 heterocycles. The summed E-state index contributed by atoms with van der Waals surface area (Å²) in [6.07, 6.45) is 1.68. The van der Waals surface area contributed by atoms with Crippen molar-refractivity contribution in [3.05, 3.63) is 65.7 Å². The van der Waals surface area contributed by atoms with Crippen LogP contribution in [0.2, 0.25) is 5.02 Å². The van der Waals surface area contributed by atoms with Gasteiger partial charge in [-0.05, 0) is 36.4 Å². The average molecular weight is 370 g/mol. The van der Waals surface area contributed by atoms with Crippen molar-refractivity contribution >= 4 is 29.2 Å². The van der Waals surface area contributed by atoms with Gasteiger partial charge in [0.05, 0.1) is 11.3 Å². The molecule has 2 aromatic carbocycles. The number of aliphatic carboxylic acids is 1. The van der Waals surface area contributed by atoms with E-state index in [1.54, 1.807) is 48.5 Å². The molecule has 0 unspecified atom stereocenters. The Morgan fingerprint density at radius 3 is 2.42 bits per heavy atom. The molecule has 2 N–H and O–H groups in total. The molecule has 0 aliphatic carbocycles. The van der Waals surface area contributed by atoms with E-state index in [9.17, 15) is 9.59 Å². The van der Waals surface area contributed by atoms with Gasteiger partial charge in [-0.1, -0.05) is 23.7 Å². The molecular formula is C18H12ClN3O4. The molecule has 130 valence electrons. The van der Waals surface area contributed by atoms with Crippen LogP contribution < -0.4 is 5.32 Å². The Morgan fingerprint density at radius 2 is 1.69 bits per heavy atom. The molecule has 1 amide bonds. The van der Waals surface area contributed by atoms with Crippen LogP contribution in [-0.2, 0) is 9.59 Å². The minimum absolute atomic E-state index is 0.216. The number of amides is 1. The summed E-state index contributed by atoms with van der Waals surface area (Å²) in [4.78, 5) is 22.3. The van der Waals surface area contributed by atoms with Crippen molar-refractivity contribution in [3.8, 4) is 22.9 Å². The predicted octanol–water partition coefficient (Wildman–Crippen LogP) is 3.64. The molecule has 1 aromatic heterocycles. The summed E-state index contributed by atoms with van der Waals surface area (Å²) in [6, 6.07) is 13.8. The third-order valence-electron chi connectivity index (χ3n) is 3.31. The lowest BCUT2D eigenvalue weighted by Gasteiger charge is -2.06. The van der Waals surface area contributed by atoms with Crippen molar-refractivity contribution in [2.45, 2.75) is 0 Å². The molecule has 0 aliphatic rings. The normalized spacial score (nSPS) is 10.8. The lowest BCUT2D eigenvalue weighted by molar-refractivity contribution is -0.131. The van der Waals surface area contributed by atoms with Crippen LogP contribution >= 0.6 is 11.6 Å². The molecular weight excluding hydrogens is 358 g/mol. The van der Waals surface area contributed by atoms with Gasteiger partial charge in [0.15, 0.2) is 0 Å². The van der Waals surface area contributed by atoms with Crippen LogP contribution in [0, 0.1) is 0 Å². The van der Waals surface area contributed by atoms with Gasteiger partial charge < -0.3 is 14.8 Å². The first-order valence-electron chi connectivity index (χ1n) is 7.44. The fraction of sp³-hybridized carbons (Fsp3) is 0. The van der Waals surface area contributed by atoms with Crippen molar-refractivity contribution < 1.29 is 19.1 Å². The first kappa shape index (κ1) is 17.4. The molecule has 0 fully saturated rings. The van der Waals surface area contributed by atoms with Gasteiger partial charge in [0, 0.05) is 22.7 Å². The Kier molecular flexibility index (Phi) is 5.09. The van der Waals surface area contributed by atoms with Crippen LogP contribution in [0.5, 0.6) is 0 Å². The SMILES string of the molecule is O=C(O)C=CC(=O)Nc1ccccc1-c1nnc(-c2ccc(Cl)cc2)o1. The topological polar surface area (TPSA) is 105 Å². The standard InChI is InChI=1S/C18H12ClN3O4/c19-12-7-5-11(6-8-12)17-21-22-18(26-17)13-3-1-2-4-14(13)20-15(23)9-10-16(24)25/h1-10H,(H,20,23)(H,24,25). The summed E-state index contributed by atoms with van der Waals surface area (Å²) in [7, 11) is 0. The minimum Gasteiger partial charge on any atom is -0.478 e. The minimum atomic E-state index is -1.21. The molecule has 0 radical (unpaired) electrons. The number of carbonyl (C=O) groups is 2. The molecule has 0 saturated heterocycles. The number of hydrogen-bond donors (Lipinski definition) is 2. The summed E-state index contributed by atoms with van der Waals surface area (Å²) < 4.78 is 5.69. The predicted molar refractivity (Wildman–Crippen MR) is 95.6 cm³/mol. The van der Waals surface area contributed by atoms with Gasteiger partial charge in [-0.15, -0.1) is 10.2 Å². The number of para-hydroxylation sites is 1. The molecule has 0 bridgehead atoms. The molecule has 0 spiro atoms. The lowest BCUT2D eigenvalue weighted by Crippen LogP contribution is -2.09. The highest BCUT2D eigenvalue weighted by Crippen LogP contribution is 2.29. The summed E-state index contributed by atoms with van der Waals surface area (Å²) in [5, 5.41) is 19.8. The van der Waals surface area contributed by atoms with Crippen LogP contribution in [0.25, 0.3) is 22.9 Å². The lowest BCUT2D eigenvalue weighted by atomic mass is 10.1. The molecule has 3 rings (SSSR count). The van der Waals surface area contributed by atoms with Gasteiger partial charge in [0.1, 0.15) is 0 Å². The molecule has 26 heavy (non-hydrogen) atoms. The molecule has 8 heteroatoms. The molecule has 0 atom stereocenters. The number of halogens is 1. The van der Waals surface area contributed by atoms with Gasteiger partial charge in [0.25, 0.3) is 0 Å². The van der Waals surface area contributed by atoms with Crippen LogP contribution in [0.1, 0.15) is 0 Å². The number of carboxylic acids is 1. The van der Waals surface area contributed by atoms with Gasteiger partial charge >= 0.3 is 5.97 Å². The molecule has 7 nitrogen and oxygen atoms in total. The van der Waals surface area contributed by atoms with E-state index in [1.807, 2.05) is 0 Å². The fourth-order valence-electron chi connectivity index (χ4n) is 2.14. The summed E-state index contributed by atoms with van der Waals surface area (Å²) in [5.74, 6) is -1.27. The van der Waals surface area contributed by atoms with E-state index in [-0.39, 0.29) is 5.89 Å². The Hall–Kier alpha value is -3.45. The summed E-state index contributed by atoms with van der Waals surface area (Å²) in [6.45, 7) is 0. The smallest absolute Gasteiger partial charge is 0.328 e. The maximum atomic E-state index is 11.8. The second kappa shape index (κ2) is 7.62. The van der Waals surface area contributed by atoms with Crippen molar-refractivity contribution in [1.82, 2.24) is 10.2 Å². The van der Waals surface area contributed by atoms with E-state index < -0.39 is 11.9 Å². The number of anilines is 1. The van der Waals surface area contributed by atoms with E-state index in [2.05, 4.69) is 15.5 Å². The van der Waals surface area contributed by atoms with E-state index in [0.29, 0.717) is 27.7 Å². The number of rotatable bonds is 5. The summed E-state index contributed by atoms with van der Waals surface area (Å²) in [5.41, 5.74) is 1.63. The average Bonchev–Trinajstić information content (AvgIpc) is 3.11. The number of aromatic nitrogens is 2. The van der Waals surface area contributed by atoms with Crippen LogP contribution in [0.15, 0.2) is 65.1 Å². The zero-order valence-corrected chi connectivity index (χ0v) is 14.0. The van der Waals surface area contributed by atoms with Crippen molar-refractivity contribution in [2.75, 3.05) is 5.32 Å². The first-order valence-corrected chi connectivity index (χ1v) is 7.81. The highest BCUT2D eigenvalue weighted by atomic mass is 35.5. The number of carboxylic acid groups (broad SMARTS) is 1. The van der Waals surface area contributed by atoms with Gasteiger partial charge in [0.2, 0.25) is 17.7 Å². The number of nitrogens with one attached hydrogen (secondary N) is 1.